The fraction of sp³-hybridized carbons (Fsp3) is 0.667. The Morgan fingerprint density at radius 3 is 1.93 bits per heavy atom. The number of carbonyl (C=O) groups is 5. The van der Waals surface area contributed by atoms with E-state index in [1.165, 1.54) is 11.8 Å². The smallest absolute Gasteiger partial charge is 0.328 e. The Labute approximate surface area is 166 Å². The topological polar surface area (TPSA) is 214 Å². The van der Waals surface area contributed by atoms with Gasteiger partial charge in [0.15, 0.2) is 0 Å². The summed E-state index contributed by atoms with van der Waals surface area (Å²) in [6.07, 6.45) is 1.67. The van der Waals surface area contributed by atoms with Crippen LogP contribution in [-0.4, -0.2) is 83.1 Å². The summed E-state index contributed by atoms with van der Waals surface area (Å²) in [4.78, 5) is 58.3. The van der Waals surface area contributed by atoms with Crippen LogP contribution in [0.4, 0.5) is 0 Å². The second-order valence-corrected chi connectivity index (χ2v) is 6.74. The molecule has 9 N–H and O–H groups in total. The minimum atomic E-state index is -1.52. The van der Waals surface area contributed by atoms with Gasteiger partial charge < -0.3 is 37.6 Å². The maximum Gasteiger partial charge on any atom is 0.328 e. The summed E-state index contributed by atoms with van der Waals surface area (Å²) in [7, 11) is 0. The molecule has 0 spiro atoms. The first-order chi connectivity index (χ1) is 13.2. The van der Waals surface area contributed by atoms with Crippen LogP contribution in [0.25, 0.3) is 0 Å². The minimum absolute atomic E-state index is 0.0990. The zero-order valence-corrected chi connectivity index (χ0v) is 16.3. The molecule has 4 amide bonds. The van der Waals surface area contributed by atoms with Crippen LogP contribution in [0.5, 0.6) is 0 Å². The summed E-state index contributed by atoms with van der Waals surface area (Å²) in [6, 6.07) is -3.79. The van der Waals surface area contributed by atoms with Gasteiger partial charge in [-0.25, -0.2) is 4.79 Å². The number of aliphatic hydroxyl groups excluding tert-OH is 1. The van der Waals surface area contributed by atoms with Crippen LogP contribution < -0.4 is 27.4 Å². The van der Waals surface area contributed by atoms with E-state index in [1.807, 2.05) is 0 Å². The van der Waals surface area contributed by atoms with Gasteiger partial charge in [0.25, 0.3) is 0 Å². The molecule has 0 aromatic heterocycles. The lowest BCUT2D eigenvalue weighted by molar-refractivity contribution is -0.143. The van der Waals surface area contributed by atoms with Crippen molar-refractivity contribution in [3.63, 3.8) is 0 Å². The van der Waals surface area contributed by atoms with E-state index in [1.54, 1.807) is 6.26 Å². The SMILES string of the molecule is CSCCC(NC(=O)C(CCC(N)=O)NC(=O)CN)C(=O)NC(CO)C(=O)O. The van der Waals surface area contributed by atoms with Crippen LogP contribution in [0.1, 0.15) is 19.3 Å². The van der Waals surface area contributed by atoms with Gasteiger partial charge in [-0.3, -0.25) is 19.2 Å². The number of hydrogen-bond donors (Lipinski definition) is 7. The number of carbonyl (C=O) groups excluding carboxylic acids is 4. The summed E-state index contributed by atoms with van der Waals surface area (Å²) in [6.45, 7) is -1.20. The molecule has 0 aromatic carbocycles. The highest BCUT2D eigenvalue weighted by Crippen LogP contribution is 2.04. The minimum Gasteiger partial charge on any atom is -0.480 e. The van der Waals surface area contributed by atoms with Crippen molar-refractivity contribution in [2.45, 2.75) is 37.4 Å². The average molecular weight is 421 g/mol. The van der Waals surface area contributed by atoms with E-state index in [-0.39, 0.29) is 25.8 Å². The molecule has 0 saturated heterocycles. The Balaban J connectivity index is 5.23. The van der Waals surface area contributed by atoms with Crippen molar-refractivity contribution in [2.24, 2.45) is 11.5 Å². The second-order valence-electron chi connectivity index (χ2n) is 5.75. The highest BCUT2D eigenvalue weighted by atomic mass is 32.2. The number of primary amides is 1. The van der Waals surface area contributed by atoms with E-state index in [2.05, 4.69) is 16.0 Å². The third kappa shape index (κ3) is 10.1. The zero-order chi connectivity index (χ0) is 21.7. The normalized spacial score (nSPS) is 13.7. The van der Waals surface area contributed by atoms with Crippen molar-refractivity contribution >= 4 is 41.4 Å². The van der Waals surface area contributed by atoms with Gasteiger partial charge in [-0.15, -0.1) is 0 Å². The van der Waals surface area contributed by atoms with E-state index in [0.29, 0.717) is 5.75 Å². The fourth-order valence-electron chi connectivity index (χ4n) is 2.04. The number of aliphatic carboxylic acids is 1. The molecule has 0 fully saturated rings. The molecule has 0 heterocycles. The van der Waals surface area contributed by atoms with Crippen molar-refractivity contribution in [3.05, 3.63) is 0 Å². The van der Waals surface area contributed by atoms with Gasteiger partial charge in [0.05, 0.1) is 13.2 Å². The van der Waals surface area contributed by atoms with Gasteiger partial charge in [0.1, 0.15) is 18.1 Å². The lowest BCUT2D eigenvalue weighted by Gasteiger charge is -2.24. The van der Waals surface area contributed by atoms with Crippen LogP contribution in [0.15, 0.2) is 0 Å². The summed E-state index contributed by atoms with van der Waals surface area (Å²) in [5.74, 6) is -3.83. The maximum absolute atomic E-state index is 12.5. The first kappa shape index (κ1) is 25.6. The molecule has 0 aliphatic heterocycles. The third-order valence-electron chi connectivity index (χ3n) is 3.56. The van der Waals surface area contributed by atoms with Crippen molar-refractivity contribution in [1.29, 1.82) is 0 Å². The van der Waals surface area contributed by atoms with Gasteiger partial charge in [-0.2, -0.15) is 11.8 Å². The number of amides is 4. The predicted octanol–water partition coefficient (Wildman–Crippen LogP) is -3.50. The third-order valence-corrected chi connectivity index (χ3v) is 4.20. The Morgan fingerprint density at radius 1 is 0.964 bits per heavy atom. The molecule has 0 radical (unpaired) electrons. The molecule has 12 nitrogen and oxygen atoms in total. The van der Waals surface area contributed by atoms with Gasteiger partial charge in [-0.05, 0) is 24.9 Å². The largest absolute Gasteiger partial charge is 0.480 e. The standard InChI is InChI=1S/C15H27N5O7S/c1-28-5-4-9(14(25)20-10(7-21)15(26)27)19-13(24)8(2-3-11(17)22)18-12(23)6-16/h8-10,21H,2-7,16H2,1H3,(H2,17,22)(H,18,23)(H,19,24)(H,20,25)(H,26,27). The summed E-state index contributed by atoms with van der Waals surface area (Å²) in [5, 5.41) is 24.9. The van der Waals surface area contributed by atoms with E-state index in [0.717, 1.165) is 0 Å². The molecule has 0 rings (SSSR count). The molecule has 28 heavy (non-hydrogen) atoms. The van der Waals surface area contributed by atoms with Crippen LogP contribution in [0, 0.1) is 0 Å². The molecule has 3 unspecified atom stereocenters. The van der Waals surface area contributed by atoms with Gasteiger partial charge >= 0.3 is 5.97 Å². The fourth-order valence-corrected chi connectivity index (χ4v) is 2.51. The summed E-state index contributed by atoms with van der Waals surface area (Å²) < 4.78 is 0. The van der Waals surface area contributed by atoms with Gasteiger partial charge in [0, 0.05) is 6.42 Å². The molecule has 0 aromatic rings. The number of thioether (sulfide) groups is 1. The number of nitrogens with two attached hydrogens (primary N) is 2. The summed E-state index contributed by atoms with van der Waals surface area (Å²) >= 11 is 1.40. The molecule has 0 saturated carbocycles. The molecular weight excluding hydrogens is 394 g/mol. The molecule has 0 aliphatic rings. The van der Waals surface area contributed by atoms with Gasteiger partial charge in [0.2, 0.25) is 23.6 Å². The van der Waals surface area contributed by atoms with Crippen LogP contribution >= 0.6 is 11.8 Å². The molecule has 0 bridgehead atoms. The Kier molecular flexibility index (Phi) is 12.6. The molecule has 3 atom stereocenters. The van der Waals surface area contributed by atoms with E-state index >= 15 is 0 Å². The second kappa shape index (κ2) is 13.7. The number of rotatable bonds is 14. The van der Waals surface area contributed by atoms with Crippen LogP contribution in [-0.2, 0) is 24.0 Å². The first-order valence-electron chi connectivity index (χ1n) is 8.37. The average Bonchev–Trinajstić information content (AvgIpc) is 2.65. The van der Waals surface area contributed by atoms with Crippen molar-refractivity contribution in [2.75, 3.05) is 25.2 Å². The highest BCUT2D eigenvalue weighted by Gasteiger charge is 2.29. The lowest BCUT2D eigenvalue weighted by atomic mass is 10.1. The highest BCUT2D eigenvalue weighted by molar-refractivity contribution is 7.98. The maximum atomic E-state index is 12.5. The van der Waals surface area contributed by atoms with Crippen LogP contribution in [0.2, 0.25) is 0 Å². The van der Waals surface area contributed by atoms with Crippen molar-refractivity contribution in [1.82, 2.24) is 16.0 Å². The van der Waals surface area contributed by atoms with Crippen molar-refractivity contribution < 1.29 is 34.2 Å². The lowest BCUT2D eigenvalue weighted by Crippen LogP contribution is -2.56. The Morgan fingerprint density at radius 2 is 1.50 bits per heavy atom. The molecule has 160 valence electrons. The van der Waals surface area contributed by atoms with E-state index in [9.17, 15) is 24.0 Å². The molecule has 13 heteroatoms. The molecule has 0 aliphatic carbocycles. The first-order valence-corrected chi connectivity index (χ1v) is 9.76. The predicted molar refractivity (Wildman–Crippen MR) is 101 cm³/mol. The quantitative estimate of drug-likeness (QED) is 0.148. The monoisotopic (exact) mass is 421 g/mol. The van der Waals surface area contributed by atoms with Gasteiger partial charge in [-0.1, -0.05) is 0 Å². The Bertz CT molecular complexity index is 575. The number of hydrogen-bond acceptors (Lipinski definition) is 8. The number of carboxylic acids is 1. The Hall–Kier alpha value is -2.38. The van der Waals surface area contributed by atoms with E-state index < -0.39 is 54.3 Å². The van der Waals surface area contributed by atoms with E-state index in [4.69, 9.17) is 21.7 Å². The van der Waals surface area contributed by atoms with Crippen LogP contribution in [0.3, 0.4) is 0 Å². The zero-order valence-electron chi connectivity index (χ0n) is 15.5. The number of carboxylic acid groups (broad SMARTS) is 1. The van der Waals surface area contributed by atoms with Crippen molar-refractivity contribution in [3.8, 4) is 0 Å². The molecular formula is C15H27N5O7S. The number of nitrogens with one attached hydrogen (secondary N) is 3. The number of aliphatic hydroxyl groups is 1. The summed E-state index contributed by atoms with van der Waals surface area (Å²) in [5.41, 5.74) is 10.3.